The molecule has 0 bridgehead atoms. The third-order valence-electron chi connectivity index (χ3n) is 2.40. The lowest BCUT2D eigenvalue weighted by atomic mass is 10.0. The van der Waals surface area contributed by atoms with Crippen LogP contribution in [0.25, 0.3) is 6.08 Å². The minimum atomic E-state index is -1.02. The van der Waals surface area contributed by atoms with E-state index < -0.39 is 5.97 Å². The molecule has 18 heavy (non-hydrogen) atoms. The molecule has 1 rings (SSSR count). The normalized spacial score (nSPS) is 10.5. The SMILES string of the molecule is COC(=O)CCc1cc(N)ccc1C=CC(=O)O. The van der Waals surface area contributed by atoms with Crippen molar-refractivity contribution >= 4 is 23.7 Å². The minimum Gasteiger partial charge on any atom is -0.478 e. The van der Waals surface area contributed by atoms with Crippen LogP contribution in [0, 0.1) is 0 Å². The highest BCUT2D eigenvalue weighted by molar-refractivity contribution is 5.85. The molecule has 0 aliphatic carbocycles. The number of carboxylic acid groups (broad SMARTS) is 1. The van der Waals surface area contributed by atoms with Gasteiger partial charge in [0.15, 0.2) is 0 Å². The van der Waals surface area contributed by atoms with Crippen molar-refractivity contribution in [1.82, 2.24) is 0 Å². The highest BCUT2D eigenvalue weighted by atomic mass is 16.5. The molecule has 0 fully saturated rings. The molecule has 0 saturated carbocycles. The lowest BCUT2D eigenvalue weighted by molar-refractivity contribution is -0.140. The van der Waals surface area contributed by atoms with Crippen LogP contribution in [-0.4, -0.2) is 24.2 Å². The number of aliphatic carboxylic acids is 1. The van der Waals surface area contributed by atoms with Gasteiger partial charge in [0.25, 0.3) is 0 Å². The second-order valence-electron chi connectivity index (χ2n) is 3.71. The Morgan fingerprint density at radius 3 is 2.78 bits per heavy atom. The summed E-state index contributed by atoms with van der Waals surface area (Å²) in [4.78, 5) is 21.6. The molecule has 5 nitrogen and oxygen atoms in total. The smallest absolute Gasteiger partial charge is 0.328 e. The van der Waals surface area contributed by atoms with E-state index in [9.17, 15) is 9.59 Å². The van der Waals surface area contributed by atoms with E-state index in [-0.39, 0.29) is 12.4 Å². The summed E-state index contributed by atoms with van der Waals surface area (Å²) >= 11 is 0. The average molecular weight is 249 g/mol. The molecule has 0 unspecified atom stereocenters. The van der Waals surface area contributed by atoms with Crippen LogP contribution in [0.15, 0.2) is 24.3 Å². The van der Waals surface area contributed by atoms with Gasteiger partial charge in [-0.2, -0.15) is 0 Å². The number of ether oxygens (including phenoxy) is 1. The molecule has 5 heteroatoms. The van der Waals surface area contributed by atoms with Crippen molar-refractivity contribution in [2.75, 3.05) is 12.8 Å². The predicted octanol–water partition coefficient (Wildman–Crippen LogP) is 1.47. The van der Waals surface area contributed by atoms with Gasteiger partial charge in [-0.25, -0.2) is 4.79 Å². The van der Waals surface area contributed by atoms with E-state index >= 15 is 0 Å². The quantitative estimate of drug-likeness (QED) is 0.468. The van der Waals surface area contributed by atoms with E-state index in [1.165, 1.54) is 13.2 Å². The van der Waals surface area contributed by atoms with Gasteiger partial charge < -0.3 is 15.6 Å². The average Bonchev–Trinajstić information content (AvgIpc) is 2.34. The van der Waals surface area contributed by atoms with E-state index in [1.54, 1.807) is 18.2 Å². The number of nitrogen functional groups attached to an aromatic ring is 1. The third-order valence-corrected chi connectivity index (χ3v) is 2.40. The molecule has 0 aromatic heterocycles. The maximum Gasteiger partial charge on any atom is 0.328 e. The van der Waals surface area contributed by atoms with Crippen LogP contribution in [0.2, 0.25) is 0 Å². The van der Waals surface area contributed by atoms with Gasteiger partial charge in [0.1, 0.15) is 0 Å². The lowest BCUT2D eigenvalue weighted by Gasteiger charge is -2.06. The van der Waals surface area contributed by atoms with E-state index in [1.807, 2.05) is 0 Å². The summed E-state index contributed by atoms with van der Waals surface area (Å²) in [5.74, 6) is -1.34. The lowest BCUT2D eigenvalue weighted by Crippen LogP contribution is -2.03. The van der Waals surface area contributed by atoms with Crippen LogP contribution in [-0.2, 0) is 20.7 Å². The summed E-state index contributed by atoms with van der Waals surface area (Å²) in [5, 5.41) is 8.59. The molecule has 0 spiro atoms. The molecule has 0 aliphatic heterocycles. The number of carbonyl (C=O) groups excluding carboxylic acids is 1. The molecule has 0 saturated heterocycles. The Morgan fingerprint density at radius 1 is 1.44 bits per heavy atom. The number of carbonyl (C=O) groups is 2. The van der Waals surface area contributed by atoms with Gasteiger partial charge in [0.2, 0.25) is 0 Å². The summed E-state index contributed by atoms with van der Waals surface area (Å²) in [6.45, 7) is 0. The highest BCUT2D eigenvalue weighted by Gasteiger charge is 2.05. The van der Waals surface area contributed by atoms with Gasteiger partial charge in [0.05, 0.1) is 7.11 Å². The van der Waals surface area contributed by atoms with Crippen molar-refractivity contribution < 1.29 is 19.4 Å². The number of esters is 1. The van der Waals surface area contributed by atoms with E-state index in [0.29, 0.717) is 12.1 Å². The number of hydrogen-bond acceptors (Lipinski definition) is 4. The number of rotatable bonds is 5. The molecule has 1 aromatic rings. The number of nitrogens with two attached hydrogens (primary N) is 1. The first kappa shape index (κ1) is 13.8. The van der Waals surface area contributed by atoms with Crippen LogP contribution in [0.5, 0.6) is 0 Å². The molecule has 0 radical (unpaired) electrons. The number of carboxylic acids is 1. The van der Waals surface area contributed by atoms with E-state index in [4.69, 9.17) is 10.8 Å². The van der Waals surface area contributed by atoms with Gasteiger partial charge in [-0.3, -0.25) is 4.79 Å². The highest BCUT2D eigenvalue weighted by Crippen LogP contribution is 2.17. The number of benzene rings is 1. The van der Waals surface area contributed by atoms with Crippen molar-refractivity contribution in [3.8, 4) is 0 Å². The van der Waals surface area contributed by atoms with Crippen LogP contribution >= 0.6 is 0 Å². The zero-order valence-electron chi connectivity index (χ0n) is 10.1. The zero-order valence-corrected chi connectivity index (χ0v) is 10.1. The molecular formula is C13H15NO4. The third kappa shape index (κ3) is 4.29. The van der Waals surface area contributed by atoms with Crippen LogP contribution < -0.4 is 5.73 Å². The Morgan fingerprint density at radius 2 is 2.17 bits per heavy atom. The fourth-order valence-corrected chi connectivity index (χ4v) is 1.50. The molecule has 0 aliphatic rings. The first-order valence-electron chi connectivity index (χ1n) is 5.39. The largest absolute Gasteiger partial charge is 0.478 e. The maximum absolute atomic E-state index is 11.1. The number of hydrogen-bond donors (Lipinski definition) is 2. The monoisotopic (exact) mass is 249 g/mol. The summed E-state index contributed by atoms with van der Waals surface area (Å²) in [6, 6.07) is 5.13. The Bertz CT molecular complexity index is 480. The minimum absolute atomic E-state index is 0.230. The summed E-state index contributed by atoms with van der Waals surface area (Å²) in [7, 11) is 1.33. The molecular weight excluding hydrogens is 234 g/mol. The van der Waals surface area contributed by atoms with Crippen LogP contribution in [0.3, 0.4) is 0 Å². The summed E-state index contributed by atoms with van der Waals surface area (Å²) in [6.07, 6.45) is 3.21. The van der Waals surface area contributed by atoms with Gasteiger partial charge in [-0.15, -0.1) is 0 Å². The standard InChI is InChI=1S/C13H15NO4/c1-18-13(17)7-4-10-8-11(14)5-2-9(10)3-6-12(15)16/h2-3,5-6,8H,4,7,14H2,1H3,(H,15,16). The zero-order chi connectivity index (χ0) is 13.5. The van der Waals surface area contributed by atoms with Crippen molar-refractivity contribution in [2.24, 2.45) is 0 Å². The summed E-state index contributed by atoms with van der Waals surface area (Å²) < 4.78 is 4.56. The van der Waals surface area contributed by atoms with Gasteiger partial charge in [0, 0.05) is 18.2 Å². The fraction of sp³-hybridized carbons (Fsp3) is 0.231. The second-order valence-corrected chi connectivity index (χ2v) is 3.71. The Balaban J connectivity index is 2.89. The second kappa shape index (κ2) is 6.44. The molecule has 0 atom stereocenters. The van der Waals surface area contributed by atoms with Gasteiger partial charge in [-0.05, 0) is 35.8 Å². The van der Waals surface area contributed by atoms with Crippen LogP contribution in [0.4, 0.5) is 5.69 Å². The van der Waals surface area contributed by atoms with E-state index in [2.05, 4.69) is 4.74 Å². The van der Waals surface area contributed by atoms with Crippen LogP contribution in [0.1, 0.15) is 17.5 Å². The first-order chi connectivity index (χ1) is 8.52. The molecule has 0 heterocycles. The number of methoxy groups -OCH3 is 1. The first-order valence-corrected chi connectivity index (χ1v) is 5.39. The number of aryl methyl sites for hydroxylation is 1. The maximum atomic E-state index is 11.1. The van der Waals surface area contributed by atoms with Crippen molar-refractivity contribution in [2.45, 2.75) is 12.8 Å². The van der Waals surface area contributed by atoms with Crippen molar-refractivity contribution in [1.29, 1.82) is 0 Å². The topological polar surface area (TPSA) is 89.6 Å². The van der Waals surface area contributed by atoms with Gasteiger partial charge in [-0.1, -0.05) is 6.07 Å². The Kier molecular flexibility index (Phi) is 4.92. The molecule has 0 amide bonds. The molecule has 96 valence electrons. The van der Waals surface area contributed by atoms with E-state index in [0.717, 1.165) is 17.2 Å². The van der Waals surface area contributed by atoms with Gasteiger partial charge >= 0.3 is 11.9 Å². The molecule has 1 aromatic carbocycles. The fourth-order valence-electron chi connectivity index (χ4n) is 1.50. The predicted molar refractivity (Wildman–Crippen MR) is 67.9 cm³/mol. The van der Waals surface area contributed by atoms with Crippen molar-refractivity contribution in [3.05, 3.63) is 35.4 Å². The Labute approximate surface area is 105 Å². The summed E-state index contributed by atoms with van der Waals surface area (Å²) in [5.41, 5.74) is 7.79. The van der Waals surface area contributed by atoms with Crippen molar-refractivity contribution in [3.63, 3.8) is 0 Å². The number of anilines is 1. The Hall–Kier alpha value is -2.30. The molecule has 3 N–H and O–H groups in total.